The van der Waals surface area contributed by atoms with Gasteiger partial charge in [-0.15, -0.1) is 0 Å². The molecule has 0 spiro atoms. The fourth-order valence-corrected chi connectivity index (χ4v) is 2.16. The largest absolute Gasteiger partial charge is 0.455 e. The van der Waals surface area contributed by atoms with Crippen molar-refractivity contribution < 1.29 is 23.5 Å². The first kappa shape index (κ1) is 19.1. The Kier molecular flexibility index (Phi) is 6.43. The van der Waals surface area contributed by atoms with Crippen LogP contribution in [0.5, 0.6) is 0 Å². The topological polar surface area (TPSA) is 84.5 Å². The number of anilines is 1. The third-order valence-electron chi connectivity index (χ3n) is 3.66. The predicted molar refractivity (Wildman–Crippen MR) is 94.1 cm³/mol. The van der Waals surface area contributed by atoms with Crippen LogP contribution >= 0.6 is 0 Å². The van der Waals surface area contributed by atoms with Crippen LogP contribution in [0.15, 0.2) is 42.5 Å². The Morgan fingerprint density at radius 1 is 1.04 bits per heavy atom. The summed E-state index contributed by atoms with van der Waals surface area (Å²) < 4.78 is 18.3. The van der Waals surface area contributed by atoms with Crippen LogP contribution in [0.2, 0.25) is 0 Å². The fourth-order valence-electron chi connectivity index (χ4n) is 2.16. The monoisotopic (exact) mass is 358 g/mol. The molecule has 6 nitrogen and oxygen atoms in total. The third-order valence-corrected chi connectivity index (χ3v) is 3.66. The molecule has 7 heteroatoms. The van der Waals surface area contributed by atoms with Gasteiger partial charge in [0.15, 0.2) is 6.61 Å². The van der Waals surface area contributed by atoms with Crippen molar-refractivity contribution in [1.82, 2.24) is 5.32 Å². The van der Waals surface area contributed by atoms with E-state index in [9.17, 15) is 18.8 Å². The Hall–Kier alpha value is -3.22. The van der Waals surface area contributed by atoms with E-state index in [0.717, 1.165) is 16.7 Å². The van der Waals surface area contributed by atoms with Gasteiger partial charge >= 0.3 is 12.0 Å². The van der Waals surface area contributed by atoms with Gasteiger partial charge in [0, 0.05) is 0 Å². The molecule has 0 atom stereocenters. The summed E-state index contributed by atoms with van der Waals surface area (Å²) in [5, 5.41) is 4.15. The summed E-state index contributed by atoms with van der Waals surface area (Å²) in [6.07, 6.45) is 0.0236. The molecule has 2 aromatic carbocycles. The van der Waals surface area contributed by atoms with Gasteiger partial charge in [0.05, 0.1) is 12.1 Å². The van der Waals surface area contributed by atoms with E-state index in [0.29, 0.717) is 0 Å². The van der Waals surface area contributed by atoms with Gasteiger partial charge in [-0.1, -0.05) is 30.3 Å². The minimum Gasteiger partial charge on any atom is -0.455 e. The van der Waals surface area contributed by atoms with Crippen molar-refractivity contribution >= 4 is 23.6 Å². The van der Waals surface area contributed by atoms with E-state index in [1.54, 1.807) is 0 Å². The van der Waals surface area contributed by atoms with Crippen LogP contribution in [-0.2, 0) is 20.7 Å². The number of benzene rings is 2. The van der Waals surface area contributed by atoms with Crippen molar-refractivity contribution in [2.45, 2.75) is 20.3 Å². The number of carbonyl (C=O) groups is 3. The highest BCUT2D eigenvalue weighted by atomic mass is 19.1. The molecule has 0 aliphatic carbocycles. The Morgan fingerprint density at radius 2 is 1.77 bits per heavy atom. The molecule has 0 saturated heterocycles. The number of halogens is 1. The van der Waals surface area contributed by atoms with E-state index in [1.807, 2.05) is 37.4 Å². The average molecular weight is 358 g/mol. The molecule has 2 rings (SSSR count). The summed E-state index contributed by atoms with van der Waals surface area (Å²) in [7, 11) is 0. The maximum Gasteiger partial charge on any atom is 0.326 e. The molecule has 136 valence electrons. The van der Waals surface area contributed by atoms with Gasteiger partial charge in [0.25, 0.3) is 5.91 Å². The summed E-state index contributed by atoms with van der Waals surface area (Å²) in [6, 6.07) is 10.2. The first-order chi connectivity index (χ1) is 12.3. The predicted octanol–water partition coefficient (Wildman–Crippen LogP) is 2.88. The van der Waals surface area contributed by atoms with Gasteiger partial charge in [-0.2, -0.15) is 0 Å². The highest BCUT2D eigenvalue weighted by Crippen LogP contribution is 2.12. The summed E-state index contributed by atoms with van der Waals surface area (Å²) in [4.78, 5) is 35.1. The maximum absolute atomic E-state index is 13.4. The van der Waals surface area contributed by atoms with Gasteiger partial charge in [-0.25, -0.2) is 9.18 Å². The lowest BCUT2D eigenvalue weighted by molar-refractivity contribution is -0.147. The quantitative estimate of drug-likeness (QED) is 0.805. The second kappa shape index (κ2) is 8.75. The number of aryl methyl sites for hydroxylation is 2. The molecule has 3 amide bonds. The molecule has 2 aromatic rings. The summed E-state index contributed by atoms with van der Waals surface area (Å²) in [6.45, 7) is 3.30. The standard InChI is InChI=1S/C19H19FN2O4/c1-12-7-8-14(9-13(12)2)10-18(24)26-11-17(23)22-19(25)21-16-6-4-3-5-15(16)20/h3-9H,10-11H2,1-2H3,(H2,21,22,23,25). The number of nitrogens with one attached hydrogen (secondary N) is 2. The second-order valence-electron chi connectivity index (χ2n) is 5.74. The fraction of sp³-hybridized carbons (Fsp3) is 0.211. The van der Waals surface area contributed by atoms with E-state index in [-0.39, 0.29) is 12.1 Å². The number of hydrogen-bond acceptors (Lipinski definition) is 4. The number of para-hydroxylation sites is 1. The summed E-state index contributed by atoms with van der Waals surface area (Å²) in [5.74, 6) is -2.03. The molecular formula is C19H19FN2O4. The summed E-state index contributed by atoms with van der Waals surface area (Å²) in [5.41, 5.74) is 2.88. The maximum atomic E-state index is 13.4. The van der Waals surface area contributed by atoms with Gasteiger partial charge in [0.1, 0.15) is 5.82 Å². The number of urea groups is 1. The zero-order valence-electron chi connectivity index (χ0n) is 14.5. The smallest absolute Gasteiger partial charge is 0.326 e. The normalized spacial score (nSPS) is 10.1. The Bertz CT molecular complexity index is 836. The van der Waals surface area contributed by atoms with Gasteiger partial charge < -0.3 is 10.1 Å². The molecule has 0 saturated carbocycles. The van der Waals surface area contributed by atoms with Gasteiger partial charge in [-0.05, 0) is 42.7 Å². The number of rotatable bonds is 5. The van der Waals surface area contributed by atoms with Crippen LogP contribution in [-0.4, -0.2) is 24.5 Å². The molecule has 0 aliphatic heterocycles. The molecule has 0 aromatic heterocycles. The minimum absolute atomic E-state index is 0.0236. The Balaban J connectivity index is 1.77. The number of amides is 3. The van der Waals surface area contributed by atoms with Crippen LogP contribution in [0.25, 0.3) is 0 Å². The van der Waals surface area contributed by atoms with E-state index in [2.05, 4.69) is 5.32 Å². The van der Waals surface area contributed by atoms with E-state index in [1.165, 1.54) is 24.3 Å². The molecule has 0 bridgehead atoms. The van der Waals surface area contributed by atoms with Crippen molar-refractivity contribution in [3.63, 3.8) is 0 Å². The molecular weight excluding hydrogens is 339 g/mol. The van der Waals surface area contributed by atoms with Crippen LogP contribution in [0.3, 0.4) is 0 Å². The molecule has 0 aliphatic rings. The van der Waals surface area contributed by atoms with Crippen molar-refractivity contribution in [2.75, 3.05) is 11.9 Å². The van der Waals surface area contributed by atoms with Crippen molar-refractivity contribution in [1.29, 1.82) is 0 Å². The van der Waals surface area contributed by atoms with Crippen LogP contribution in [0.4, 0.5) is 14.9 Å². The number of ether oxygens (including phenoxy) is 1. The molecule has 0 fully saturated rings. The highest BCUT2D eigenvalue weighted by molar-refractivity contribution is 6.01. The lowest BCUT2D eigenvalue weighted by atomic mass is 10.0. The van der Waals surface area contributed by atoms with E-state index < -0.39 is 30.3 Å². The SMILES string of the molecule is Cc1ccc(CC(=O)OCC(=O)NC(=O)Nc2ccccc2F)cc1C. The molecule has 26 heavy (non-hydrogen) atoms. The molecule has 0 unspecified atom stereocenters. The number of imide groups is 1. The lowest BCUT2D eigenvalue weighted by Crippen LogP contribution is -2.37. The molecule has 0 heterocycles. The first-order valence-electron chi connectivity index (χ1n) is 7.92. The van der Waals surface area contributed by atoms with Crippen molar-refractivity contribution in [2.24, 2.45) is 0 Å². The van der Waals surface area contributed by atoms with Crippen LogP contribution < -0.4 is 10.6 Å². The first-order valence-corrected chi connectivity index (χ1v) is 7.92. The van der Waals surface area contributed by atoms with Crippen molar-refractivity contribution in [3.05, 3.63) is 65.0 Å². The minimum atomic E-state index is -0.912. The average Bonchev–Trinajstić information content (AvgIpc) is 2.58. The molecule has 2 N–H and O–H groups in total. The Labute approximate surface area is 150 Å². The number of carbonyl (C=O) groups excluding carboxylic acids is 3. The summed E-state index contributed by atoms with van der Waals surface area (Å²) >= 11 is 0. The van der Waals surface area contributed by atoms with Crippen LogP contribution in [0, 0.1) is 19.7 Å². The van der Waals surface area contributed by atoms with Crippen molar-refractivity contribution in [3.8, 4) is 0 Å². The zero-order chi connectivity index (χ0) is 19.1. The zero-order valence-corrected chi connectivity index (χ0v) is 14.5. The second-order valence-corrected chi connectivity index (χ2v) is 5.74. The third kappa shape index (κ3) is 5.70. The van der Waals surface area contributed by atoms with E-state index >= 15 is 0 Å². The Morgan fingerprint density at radius 3 is 2.46 bits per heavy atom. The van der Waals surface area contributed by atoms with E-state index in [4.69, 9.17) is 4.74 Å². The van der Waals surface area contributed by atoms with Crippen LogP contribution in [0.1, 0.15) is 16.7 Å². The van der Waals surface area contributed by atoms with Gasteiger partial charge in [-0.3, -0.25) is 14.9 Å². The lowest BCUT2D eigenvalue weighted by Gasteiger charge is -2.08. The molecule has 0 radical (unpaired) electrons. The number of esters is 1. The highest BCUT2D eigenvalue weighted by Gasteiger charge is 2.13. The van der Waals surface area contributed by atoms with Gasteiger partial charge in [0.2, 0.25) is 0 Å². The number of hydrogen-bond donors (Lipinski definition) is 2.